The van der Waals surface area contributed by atoms with Gasteiger partial charge in [0.05, 0.1) is 0 Å². The molecule has 5 nitrogen and oxygen atoms in total. The van der Waals surface area contributed by atoms with Gasteiger partial charge in [0.15, 0.2) is 5.82 Å². The van der Waals surface area contributed by atoms with Crippen molar-refractivity contribution < 1.29 is 4.79 Å². The Labute approximate surface area is 80.0 Å². The molecule has 0 fully saturated rings. The Balaban J connectivity index is 2.46. The number of amides is 1. The summed E-state index contributed by atoms with van der Waals surface area (Å²) >= 11 is 0. The van der Waals surface area contributed by atoms with E-state index in [2.05, 4.69) is 15.2 Å². The maximum Gasteiger partial charge on any atom is 0.248 e. The second-order valence-corrected chi connectivity index (χ2v) is 2.78. The molecule has 1 aromatic heterocycles. The maximum atomic E-state index is 10.9. The Morgan fingerprint density at radius 2 is 2.29 bits per heavy atom. The molecule has 70 valence electrons. The molecule has 0 atom stereocenters. The lowest BCUT2D eigenvalue weighted by atomic mass is 10.1. The van der Waals surface area contributed by atoms with E-state index in [0.29, 0.717) is 11.4 Å². The molecule has 0 bridgehead atoms. The zero-order chi connectivity index (χ0) is 9.97. The molecule has 2 rings (SSSR count). The van der Waals surface area contributed by atoms with Gasteiger partial charge in [-0.3, -0.25) is 9.89 Å². The van der Waals surface area contributed by atoms with E-state index in [1.165, 1.54) is 6.33 Å². The first-order chi connectivity index (χ1) is 6.77. The van der Waals surface area contributed by atoms with Crippen LogP contribution in [0.2, 0.25) is 0 Å². The van der Waals surface area contributed by atoms with Gasteiger partial charge in [0.2, 0.25) is 5.91 Å². The van der Waals surface area contributed by atoms with Gasteiger partial charge in [0.25, 0.3) is 0 Å². The molecule has 1 amide bonds. The summed E-state index contributed by atoms with van der Waals surface area (Å²) in [7, 11) is 0. The van der Waals surface area contributed by atoms with Gasteiger partial charge < -0.3 is 5.73 Å². The highest BCUT2D eigenvalue weighted by molar-refractivity contribution is 5.93. The van der Waals surface area contributed by atoms with Crippen LogP contribution in [0, 0.1) is 0 Å². The molecule has 0 aliphatic carbocycles. The number of rotatable bonds is 2. The lowest BCUT2D eigenvalue weighted by Crippen LogP contribution is -2.10. The zero-order valence-corrected chi connectivity index (χ0v) is 7.27. The van der Waals surface area contributed by atoms with Crippen LogP contribution >= 0.6 is 0 Å². The minimum atomic E-state index is -0.452. The third-order valence-electron chi connectivity index (χ3n) is 1.84. The highest BCUT2D eigenvalue weighted by Gasteiger charge is 2.04. The molecule has 0 saturated carbocycles. The summed E-state index contributed by atoms with van der Waals surface area (Å²) in [5, 5.41) is 6.43. The molecule has 0 aliphatic heterocycles. The van der Waals surface area contributed by atoms with Gasteiger partial charge in [-0.1, -0.05) is 12.1 Å². The lowest BCUT2D eigenvalue weighted by Gasteiger charge is -1.98. The van der Waals surface area contributed by atoms with Gasteiger partial charge in [-0.25, -0.2) is 4.98 Å². The summed E-state index contributed by atoms with van der Waals surface area (Å²) in [6.07, 6.45) is 1.41. The first-order valence-electron chi connectivity index (χ1n) is 4.03. The molecule has 0 radical (unpaired) electrons. The van der Waals surface area contributed by atoms with Crippen LogP contribution in [-0.2, 0) is 0 Å². The number of nitrogens with two attached hydrogens (primary N) is 1. The largest absolute Gasteiger partial charge is 0.366 e. The van der Waals surface area contributed by atoms with E-state index in [9.17, 15) is 4.79 Å². The Bertz CT molecular complexity index is 450. The highest BCUT2D eigenvalue weighted by atomic mass is 16.1. The zero-order valence-electron chi connectivity index (χ0n) is 7.27. The van der Waals surface area contributed by atoms with E-state index in [0.717, 1.165) is 5.56 Å². The molecular weight excluding hydrogens is 180 g/mol. The smallest absolute Gasteiger partial charge is 0.248 e. The van der Waals surface area contributed by atoms with Crippen molar-refractivity contribution in [3.63, 3.8) is 0 Å². The van der Waals surface area contributed by atoms with E-state index in [-0.39, 0.29) is 0 Å². The number of aromatic nitrogens is 3. The summed E-state index contributed by atoms with van der Waals surface area (Å²) in [6.45, 7) is 0. The van der Waals surface area contributed by atoms with Crippen LogP contribution in [0.1, 0.15) is 10.4 Å². The van der Waals surface area contributed by atoms with Gasteiger partial charge in [0.1, 0.15) is 6.33 Å². The van der Waals surface area contributed by atoms with Gasteiger partial charge in [0, 0.05) is 11.1 Å². The SMILES string of the molecule is NC(=O)c1cccc(-c2ncn[nH]2)c1. The lowest BCUT2D eigenvalue weighted by molar-refractivity contribution is 0.100. The molecule has 5 heteroatoms. The average molecular weight is 188 g/mol. The van der Waals surface area contributed by atoms with Crippen molar-refractivity contribution in [3.8, 4) is 11.4 Å². The van der Waals surface area contributed by atoms with Gasteiger partial charge >= 0.3 is 0 Å². The van der Waals surface area contributed by atoms with Crippen LogP contribution < -0.4 is 5.73 Å². The molecule has 0 spiro atoms. The summed E-state index contributed by atoms with van der Waals surface area (Å²) in [6, 6.07) is 6.90. The number of aromatic amines is 1. The first-order valence-corrected chi connectivity index (χ1v) is 4.03. The van der Waals surface area contributed by atoms with Crippen LogP contribution in [0.4, 0.5) is 0 Å². The van der Waals surface area contributed by atoms with Crippen LogP contribution in [-0.4, -0.2) is 21.1 Å². The third kappa shape index (κ3) is 1.47. The first kappa shape index (κ1) is 8.43. The highest BCUT2D eigenvalue weighted by Crippen LogP contribution is 2.14. The summed E-state index contributed by atoms with van der Waals surface area (Å²) in [4.78, 5) is 14.9. The van der Waals surface area contributed by atoms with Crippen molar-refractivity contribution >= 4 is 5.91 Å². The van der Waals surface area contributed by atoms with E-state index in [1.54, 1.807) is 18.2 Å². The van der Waals surface area contributed by atoms with Crippen molar-refractivity contribution in [1.29, 1.82) is 0 Å². The number of benzene rings is 1. The Hall–Kier alpha value is -2.17. The molecule has 1 heterocycles. The normalized spacial score (nSPS) is 10.0. The van der Waals surface area contributed by atoms with Crippen LogP contribution in [0.3, 0.4) is 0 Å². The van der Waals surface area contributed by atoms with Crippen molar-refractivity contribution in [2.24, 2.45) is 5.73 Å². The Morgan fingerprint density at radius 1 is 1.43 bits per heavy atom. The van der Waals surface area contributed by atoms with Crippen molar-refractivity contribution in [2.75, 3.05) is 0 Å². The standard InChI is InChI=1S/C9H8N4O/c10-8(14)6-2-1-3-7(4-6)9-11-5-12-13-9/h1-5H,(H2,10,14)(H,11,12,13). The second-order valence-electron chi connectivity index (χ2n) is 2.78. The van der Waals surface area contributed by atoms with Crippen LogP contribution in [0.5, 0.6) is 0 Å². The van der Waals surface area contributed by atoms with E-state index in [1.807, 2.05) is 6.07 Å². The molecule has 1 aromatic carbocycles. The van der Waals surface area contributed by atoms with Gasteiger partial charge in [-0.05, 0) is 12.1 Å². The number of nitrogens with one attached hydrogen (secondary N) is 1. The fourth-order valence-electron chi connectivity index (χ4n) is 1.16. The maximum absolute atomic E-state index is 10.9. The Kier molecular flexibility index (Phi) is 1.98. The van der Waals surface area contributed by atoms with Gasteiger partial charge in [-0.2, -0.15) is 5.10 Å². The molecule has 0 saturated heterocycles. The quantitative estimate of drug-likeness (QED) is 0.722. The summed E-state index contributed by atoms with van der Waals surface area (Å²) in [5.74, 6) is 0.166. The number of hydrogen-bond acceptors (Lipinski definition) is 3. The second kappa shape index (κ2) is 3.29. The van der Waals surface area contributed by atoms with Crippen LogP contribution in [0.15, 0.2) is 30.6 Å². The minimum Gasteiger partial charge on any atom is -0.366 e. The molecule has 2 aromatic rings. The van der Waals surface area contributed by atoms with Gasteiger partial charge in [-0.15, -0.1) is 0 Å². The molecular formula is C9H8N4O. The van der Waals surface area contributed by atoms with Crippen molar-refractivity contribution in [2.45, 2.75) is 0 Å². The average Bonchev–Trinajstić information content (AvgIpc) is 2.71. The Morgan fingerprint density at radius 3 is 2.93 bits per heavy atom. The predicted octanol–water partition coefficient (Wildman–Crippen LogP) is 0.571. The van der Waals surface area contributed by atoms with Crippen LogP contribution in [0.25, 0.3) is 11.4 Å². The number of primary amides is 1. The van der Waals surface area contributed by atoms with Crippen molar-refractivity contribution in [3.05, 3.63) is 36.2 Å². The number of hydrogen-bond donors (Lipinski definition) is 2. The number of H-pyrrole nitrogens is 1. The fourth-order valence-corrected chi connectivity index (χ4v) is 1.16. The summed E-state index contributed by atoms with van der Waals surface area (Å²) in [5.41, 5.74) is 6.40. The third-order valence-corrected chi connectivity index (χ3v) is 1.84. The topological polar surface area (TPSA) is 84.7 Å². The van der Waals surface area contributed by atoms with Crippen molar-refractivity contribution in [1.82, 2.24) is 15.2 Å². The molecule has 0 aliphatic rings. The molecule has 14 heavy (non-hydrogen) atoms. The summed E-state index contributed by atoms with van der Waals surface area (Å²) < 4.78 is 0. The number of carbonyl (C=O) groups is 1. The number of carbonyl (C=O) groups excluding carboxylic acids is 1. The predicted molar refractivity (Wildman–Crippen MR) is 50.3 cm³/mol. The van der Waals surface area contributed by atoms with E-state index >= 15 is 0 Å². The van der Waals surface area contributed by atoms with E-state index < -0.39 is 5.91 Å². The molecule has 3 N–H and O–H groups in total. The number of nitrogens with zero attached hydrogens (tertiary/aromatic N) is 2. The van der Waals surface area contributed by atoms with E-state index in [4.69, 9.17) is 5.73 Å². The fraction of sp³-hybridized carbons (Fsp3) is 0. The minimum absolute atomic E-state index is 0.452. The molecule has 0 unspecified atom stereocenters. The monoisotopic (exact) mass is 188 g/mol.